The van der Waals surface area contributed by atoms with Gasteiger partial charge in [-0.05, 0) is 38.3 Å². The molecule has 1 aromatic carbocycles. The van der Waals surface area contributed by atoms with Gasteiger partial charge < -0.3 is 9.84 Å². The topological polar surface area (TPSA) is 29.5 Å². The Bertz CT molecular complexity index is 333. The summed E-state index contributed by atoms with van der Waals surface area (Å²) in [5.74, 6) is 0.919. The van der Waals surface area contributed by atoms with Crippen molar-refractivity contribution in [3.05, 3.63) is 29.8 Å². The lowest BCUT2D eigenvalue weighted by Gasteiger charge is -2.37. The number of para-hydroxylation sites is 1. The molecule has 76 valence electrons. The molecule has 1 N–H and O–H groups in total. The van der Waals surface area contributed by atoms with Gasteiger partial charge in [-0.3, -0.25) is 0 Å². The molecule has 0 radical (unpaired) electrons. The van der Waals surface area contributed by atoms with Crippen molar-refractivity contribution in [3.63, 3.8) is 0 Å². The van der Waals surface area contributed by atoms with Crippen LogP contribution in [0.25, 0.3) is 0 Å². The number of hydrogen-bond acceptors (Lipinski definition) is 2. The normalized spacial score (nSPS) is 27.6. The molecule has 0 fully saturated rings. The number of fused-ring (bicyclic) bond motifs is 1. The van der Waals surface area contributed by atoms with E-state index >= 15 is 0 Å². The summed E-state index contributed by atoms with van der Waals surface area (Å²) in [5.41, 5.74) is 0.819. The van der Waals surface area contributed by atoms with Gasteiger partial charge in [0.1, 0.15) is 11.4 Å². The zero-order valence-corrected chi connectivity index (χ0v) is 8.66. The van der Waals surface area contributed by atoms with Gasteiger partial charge in [0.05, 0.1) is 6.10 Å². The van der Waals surface area contributed by atoms with Crippen molar-refractivity contribution < 1.29 is 9.84 Å². The highest BCUT2D eigenvalue weighted by Crippen LogP contribution is 2.34. The third-order valence-corrected chi connectivity index (χ3v) is 3.09. The van der Waals surface area contributed by atoms with Gasteiger partial charge in [-0.1, -0.05) is 18.2 Å². The monoisotopic (exact) mass is 192 g/mol. The van der Waals surface area contributed by atoms with Gasteiger partial charge >= 0.3 is 0 Å². The molecule has 2 unspecified atom stereocenters. The summed E-state index contributed by atoms with van der Waals surface area (Å²) < 4.78 is 5.83. The van der Waals surface area contributed by atoms with Crippen molar-refractivity contribution in [3.8, 4) is 5.75 Å². The molecule has 0 amide bonds. The number of hydrogen-bond donors (Lipinski definition) is 1. The highest BCUT2D eigenvalue weighted by atomic mass is 16.5. The third kappa shape index (κ3) is 1.50. The van der Waals surface area contributed by atoms with Crippen LogP contribution < -0.4 is 4.74 Å². The summed E-state index contributed by atoms with van der Waals surface area (Å²) in [4.78, 5) is 0. The zero-order chi connectivity index (χ0) is 10.2. The van der Waals surface area contributed by atoms with Gasteiger partial charge in [-0.15, -0.1) is 0 Å². The van der Waals surface area contributed by atoms with E-state index < -0.39 is 11.7 Å². The Balaban J connectivity index is 2.29. The van der Waals surface area contributed by atoms with E-state index in [4.69, 9.17) is 4.74 Å². The van der Waals surface area contributed by atoms with Crippen LogP contribution in [0.2, 0.25) is 0 Å². The first-order chi connectivity index (χ1) is 6.62. The van der Waals surface area contributed by atoms with Crippen molar-refractivity contribution >= 4 is 0 Å². The first kappa shape index (κ1) is 9.53. The van der Waals surface area contributed by atoms with Crippen LogP contribution in [0.4, 0.5) is 0 Å². The van der Waals surface area contributed by atoms with E-state index in [1.807, 2.05) is 25.1 Å². The van der Waals surface area contributed by atoms with E-state index in [0.717, 1.165) is 18.6 Å². The van der Waals surface area contributed by atoms with Crippen molar-refractivity contribution in [2.24, 2.45) is 0 Å². The molecule has 2 atom stereocenters. The van der Waals surface area contributed by atoms with Gasteiger partial charge in [0, 0.05) is 0 Å². The molecule has 2 rings (SSSR count). The smallest absolute Gasteiger partial charge is 0.132 e. The molecule has 14 heavy (non-hydrogen) atoms. The van der Waals surface area contributed by atoms with Crippen LogP contribution in [0, 0.1) is 0 Å². The molecule has 1 heterocycles. The molecule has 0 bridgehead atoms. The van der Waals surface area contributed by atoms with Crippen molar-refractivity contribution in [1.29, 1.82) is 0 Å². The van der Waals surface area contributed by atoms with Gasteiger partial charge in [0.25, 0.3) is 0 Å². The molecule has 0 aromatic heterocycles. The Labute approximate surface area is 84.5 Å². The highest BCUT2D eigenvalue weighted by molar-refractivity contribution is 5.36. The number of aliphatic hydroxyl groups excluding tert-OH is 1. The Kier molecular flexibility index (Phi) is 2.23. The average Bonchev–Trinajstić information content (AvgIpc) is 2.17. The van der Waals surface area contributed by atoms with Crippen molar-refractivity contribution in [1.82, 2.24) is 0 Å². The van der Waals surface area contributed by atoms with Crippen LogP contribution >= 0.6 is 0 Å². The summed E-state index contributed by atoms with van der Waals surface area (Å²) in [6.07, 6.45) is 1.43. The maximum Gasteiger partial charge on any atom is 0.132 e. The van der Waals surface area contributed by atoms with Crippen LogP contribution in [-0.4, -0.2) is 16.8 Å². The largest absolute Gasteiger partial charge is 0.485 e. The molecular weight excluding hydrogens is 176 g/mol. The van der Waals surface area contributed by atoms with E-state index in [-0.39, 0.29) is 0 Å². The lowest BCUT2D eigenvalue weighted by atomic mass is 9.89. The number of rotatable bonds is 1. The quantitative estimate of drug-likeness (QED) is 0.738. The van der Waals surface area contributed by atoms with Gasteiger partial charge in [-0.2, -0.15) is 0 Å². The Morgan fingerprint density at radius 3 is 2.86 bits per heavy atom. The second-order valence-corrected chi connectivity index (χ2v) is 4.20. The van der Waals surface area contributed by atoms with Crippen LogP contribution in [0.1, 0.15) is 25.8 Å². The third-order valence-electron chi connectivity index (χ3n) is 3.09. The van der Waals surface area contributed by atoms with Crippen molar-refractivity contribution in [2.45, 2.75) is 38.4 Å². The Hall–Kier alpha value is -1.02. The standard InChI is InChI=1S/C12H16O2/c1-9(13)12(2)8-7-10-5-3-4-6-11(10)14-12/h3-6,9,13H,7-8H2,1-2H3. The SMILES string of the molecule is CC(O)C1(C)CCc2ccccc2O1. The van der Waals surface area contributed by atoms with E-state index in [2.05, 4.69) is 6.07 Å². The molecular formula is C12H16O2. The predicted molar refractivity (Wildman–Crippen MR) is 55.5 cm³/mol. The summed E-state index contributed by atoms with van der Waals surface area (Å²) in [5, 5.41) is 9.64. The Morgan fingerprint density at radius 2 is 2.14 bits per heavy atom. The van der Waals surface area contributed by atoms with Gasteiger partial charge in [0.15, 0.2) is 0 Å². The van der Waals surface area contributed by atoms with Crippen LogP contribution in [0.15, 0.2) is 24.3 Å². The van der Waals surface area contributed by atoms with E-state index in [0.29, 0.717) is 0 Å². The van der Waals surface area contributed by atoms with E-state index in [1.165, 1.54) is 5.56 Å². The number of aryl methyl sites for hydroxylation is 1. The number of aliphatic hydroxyl groups is 1. The average molecular weight is 192 g/mol. The fraction of sp³-hybridized carbons (Fsp3) is 0.500. The van der Waals surface area contributed by atoms with Gasteiger partial charge in [0.2, 0.25) is 0 Å². The first-order valence-corrected chi connectivity index (χ1v) is 5.07. The van der Waals surface area contributed by atoms with Crippen LogP contribution in [0.5, 0.6) is 5.75 Å². The number of ether oxygens (including phenoxy) is 1. The minimum atomic E-state index is -0.434. The van der Waals surface area contributed by atoms with Crippen molar-refractivity contribution in [2.75, 3.05) is 0 Å². The second kappa shape index (κ2) is 3.28. The van der Waals surface area contributed by atoms with E-state index in [9.17, 15) is 5.11 Å². The summed E-state index contributed by atoms with van der Waals surface area (Å²) in [6.45, 7) is 3.75. The molecule has 0 aliphatic carbocycles. The van der Waals surface area contributed by atoms with Gasteiger partial charge in [-0.25, -0.2) is 0 Å². The van der Waals surface area contributed by atoms with Crippen LogP contribution in [-0.2, 0) is 6.42 Å². The highest BCUT2D eigenvalue weighted by Gasteiger charge is 2.35. The number of benzene rings is 1. The summed E-state index contributed by atoms with van der Waals surface area (Å²) >= 11 is 0. The zero-order valence-electron chi connectivity index (χ0n) is 8.66. The van der Waals surface area contributed by atoms with E-state index in [1.54, 1.807) is 6.92 Å². The maximum absolute atomic E-state index is 9.64. The maximum atomic E-state index is 9.64. The molecule has 1 aliphatic heterocycles. The molecule has 1 aliphatic rings. The lowest BCUT2D eigenvalue weighted by molar-refractivity contribution is -0.0449. The Morgan fingerprint density at radius 1 is 1.43 bits per heavy atom. The molecule has 2 heteroatoms. The molecule has 2 nitrogen and oxygen atoms in total. The fourth-order valence-corrected chi connectivity index (χ4v) is 1.79. The molecule has 0 saturated carbocycles. The lowest BCUT2D eigenvalue weighted by Crippen LogP contribution is -2.45. The predicted octanol–water partition coefficient (Wildman–Crippen LogP) is 2.15. The second-order valence-electron chi connectivity index (χ2n) is 4.20. The summed E-state index contributed by atoms with van der Waals surface area (Å²) in [7, 11) is 0. The molecule has 0 saturated heterocycles. The minimum Gasteiger partial charge on any atom is -0.485 e. The minimum absolute atomic E-state index is 0.422. The molecule has 1 aromatic rings. The fourth-order valence-electron chi connectivity index (χ4n) is 1.79. The summed E-state index contributed by atoms with van der Waals surface area (Å²) in [6, 6.07) is 8.03. The van der Waals surface area contributed by atoms with Crippen LogP contribution in [0.3, 0.4) is 0 Å². The first-order valence-electron chi connectivity index (χ1n) is 5.07. The molecule has 0 spiro atoms.